The average Bonchev–Trinajstić information content (AvgIpc) is 3.27. The highest BCUT2D eigenvalue weighted by Crippen LogP contribution is 2.52. The fourth-order valence-corrected chi connectivity index (χ4v) is 4.35. The summed E-state index contributed by atoms with van der Waals surface area (Å²) in [5, 5.41) is 2.63. The van der Waals surface area contributed by atoms with Crippen molar-refractivity contribution in [3.63, 3.8) is 0 Å². The molecule has 2 fully saturated rings. The Morgan fingerprint density at radius 3 is 2.62 bits per heavy atom. The second-order valence-electron chi connectivity index (χ2n) is 7.61. The quantitative estimate of drug-likeness (QED) is 0.798. The number of fused-ring (bicyclic) bond motifs is 2. The van der Waals surface area contributed by atoms with Crippen LogP contribution in [0.15, 0.2) is 22.7 Å². The van der Waals surface area contributed by atoms with Gasteiger partial charge in [-0.15, -0.1) is 0 Å². The number of rotatable bonds is 3. The third-order valence-corrected chi connectivity index (χ3v) is 6.21. The highest BCUT2D eigenvalue weighted by Gasteiger charge is 2.52. The molecule has 4 rings (SSSR count). The molecule has 140 valence electrons. The maximum Gasteiger partial charge on any atom is 0.391 e. The van der Waals surface area contributed by atoms with Gasteiger partial charge in [-0.05, 0) is 49.4 Å². The number of amides is 2. The van der Waals surface area contributed by atoms with Crippen LogP contribution in [0.25, 0.3) is 0 Å². The van der Waals surface area contributed by atoms with Crippen molar-refractivity contribution in [2.24, 2.45) is 5.92 Å². The summed E-state index contributed by atoms with van der Waals surface area (Å²) in [5.41, 5.74) is 1.57. The smallest absolute Gasteiger partial charge is 0.352 e. The van der Waals surface area contributed by atoms with Gasteiger partial charge in [0.05, 0.1) is 12.5 Å². The molecule has 0 saturated heterocycles. The Labute approximate surface area is 157 Å². The molecule has 0 aromatic heterocycles. The van der Waals surface area contributed by atoms with Gasteiger partial charge >= 0.3 is 6.18 Å². The van der Waals surface area contributed by atoms with Crippen LogP contribution in [-0.4, -0.2) is 42.0 Å². The van der Waals surface area contributed by atoms with E-state index in [1.165, 1.54) is 4.90 Å². The molecule has 1 spiro atoms. The van der Waals surface area contributed by atoms with Crippen LogP contribution in [0.2, 0.25) is 0 Å². The van der Waals surface area contributed by atoms with Crippen LogP contribution < -0.4 is 5.32 Å². The van der Waals surface area contributed by atoms with Gasteiger partial charge < -0.3 is 10.2 Å². The van der Waals surface area contributed by atoms with Gasteiger partial charge in [-0.1, -0.05) is 15.9 Å². The van der Waals surface area contributed by atoms with E-state index in [1.54, 1.807) is 6.07 Å². The number of hydrogen-bond acceptors (Lipinski definition) is 2. The zero-order valence-corrected chi connectivity index (χ0v) is 15.5. The van der Waals surface area contributed by atoms with Gasteiger partial charge in [0.1, 0.15) is 0 Å². The molecule has 8 heteroatoms. The molecular weight excluding hydrogens is 413 g/mol. The van der Waals surface area contributed by atoms with Crippen molar-refractivity contribution in [3.8, 4) is 0 Å². The molecule has 0 atom stereocenters. The summed E-state index contributed by atoms with van der Waals surface area (Å²) in [5.74, 6) is -1.91. The molecule has 1 aromatic rings. The van der Waals surface area contributed by atoms with Crippen molar-refractivity contribution in [1.29, 1.82) is 0 Å². The molecule has 2 amide bonds. The van der Waals surface area contributed by atoms with E-state index in [9.17, 15) is 22.8 Å². The Morgan fingerprint density at radius 1 is 1.31 bits per heavy atom. The van der Waals surface area contributed by atoms with Gasteiger partial charge in [-0.25, -0.2) is 0 Å². The Morgan fingerprint density at radius 2 is 2.00 bits per heavy atom. The van der Waals surface area contributed by atoms with Crippen molar-refractivity contribution < 1.29 is 22.8 Å². The number of carbonyl (C=O) groups excluding carboxylic acids is 2. The van der Waals surface area contributed by atoms with Crippen LogP contribution >= 0.6 is 15.9 Å². The summed E-state index contributed by atoms with van der Waals surface area (Å²) in [6, 6.07) is 5.10. The van der Waals surface area contributed by atoms with E-state index in [0.717, 1.165) is 22.9 Å². The molecule has 1 aliphatic heterocycles. The normalized spacial score (nSPS) is 26.3. The van der Waals surface area contributed by atoms with Crippen LogP contribution in [0.5, 0.6) is 0 Å². The van der Waals surface area contributed by atoms with Crippen LogP contribution in [-0.2, 0) is 10.2 Å². The number of carbonyl (C=O) groups is 2. The topological polar surface area (TPSA) is 49.4 Å². The second kappa shape index (κ2) is 5.97. The average molecular weight is 431 g/mol. The van der Waals surface area contributed by atoms with Crippen molar-refractivity contribution in [3.05, 3.63) is 33.8 Å². The predicted molar refractivity (Wildman–Crippen MR) is 91.7 cm³/mol. The van der Waals surface area contributed by atoms with Crippen molar-refractivity contribution in [2.75, 3.05) is 13.1 Å². The minimum atomic E-state index is -4.19. The third-order valence-electron chi connectivity index (χ3n) is 5.72. The first-order valence-electron chi connectivity index (χ1n) is 8.63. The summed E-state index contributed by atoms with van der Waals surface area (Å²) in [6.07, 6.45) is -2.41. The summed E-state index contributed by atoms with van der Waals surface area (Å²) in [4.78, 5) is 26.5. The summed E-state index contributed by atoms with van der Waals surface area (Å²) in [6.45, 7) is 0.377. The van der Waals surface area contributed by atoms with Gasteiger partial charge in [0.15, 0.2) is 0 Å². The number of alkyl halides is 3. The van der Waals surface area contributed by atoms with Gasteiger partial charge in [-0.2, -0.15) is 13.2 Å². The summed E-state index contributed by atoms with van der Waals surface area (Å²) >= 11 is 3.44. The molecule has 0 radical (unpaired) electrons. The maximum atomic E-state index is 12.7. The Hall–Kier alpha value is -1.57. The van der Waals surface area contributed by atoms with Crippen LogP contribution in [0.3, 0.4) is 0 Å². The number of benzene rings is 1. The van der Waals surface area contributed by atoms with Gasteiger partial charge in [0.25, 0.3) is 5.91 Å². The monoisotopic (exact) mass is 430 g/mol. The van der Waals surface area contributed by atoms with Crippen LogP contribution in [0.1, 0.15) is 41.6 Å². The molecule has 2 aliphatic carbocycles. The van der Waals surface area contributed by atoms with Crippen LogP contribution in [0, 0.1) is 5.92 Å². The minimum Gasteiger partial charge on any atom is -0.352 e. The van der Waals surface area contributed by atoms with Crippen molar-refractivity contribution >= 4 is 27.7 Å². The molecular formula is C18H18BrF3N2O2. The highest BCUT2D eigenvalue weighted by atomic mass is 79.9. The number of nitrogens with zero attached hydrogens (tertiary/aromatic N) is 1. The molecule has 1 aromatic carbocycles. The Bertz CT molecular complexity index is 770. The molecule has 2 saturated carbocycles. The number of halogens is 4. The zero-order chi connectivity index (χ0) is 18.7. The predicted octanol–water partition coefficient (Wildman–Crippen LogP) is 3.39. The lowest BCUT2D eigenvalue weighted by Crippen LogP contribution is -2.53. The van der Waals surface area contributed by atoms with E-state index in [0.29, 0.717) is 12.1 Å². The Balaban J connectivity index is 1.40. The zero-order valence-electron chi connectivity index (χ0n) is 13.9. The van der Waals surface area contributed by atoms with E-state index >= 15 is 0 Å². The molecule has 1 N–H and O–H groups in total. The second-order valence-corrected chi connectivity index (χ2v) is 8.52. The first-order chi connectivity index (χ1) is 12.2. The van der Waals surface area contributed by atoms with E-state index in [1.807, 2.05) is 12.1 Å². The van der Waals surface area contributed by atoms with Gasteiger partial charge in [0.2, 0.25) is 5.91 Å². The molecule has 4 nitrogen and oxygen atoms in total. The Kier molecular flexibility index (Phi) is 4.09. The lowest BCUT2D eigenvalue weighted by atomic mass is 9.80. The molecule has 26 heavy (non-hydrogen) atoms. The SMILES string of the molecule is O=C(CN1CC2(CC2)c2cc(Br)ccc2C1=O)N[C@H]1C[C@H](C(F)(F)F)C1. The fraction of sp³-hybridized carbons (Fsp3) is 0.556. The van der Waals surface area contributed by atoms with E-state index in [-0.39, 0.29) is 36.6 Å². The molecule has 0 unspecified atom stereocenters. The molecule has 1 heterocycles. The standard InChI is InChI=1S/C18H18BrF3N2O2/c19-11-1-2-13-14(7-11)17(3-4-17)9-24(16(13)26)8-15(25)23-12-5-10(6-12)18(20,21)22/h1-2,7,10,12H,3-6,8-9H2,(H,23,25)/t10-,12-. The maximum absolute atomic E-state index is 12.7. The lowest BCUT2D eigenvalue weighted by Gasteiger charge is -2.38. The highest BCUT2D eigenvalue weighted by molar-refractivity contribution is 9.10. The lowest BCUT2D eigenvalue weighted by molar-refractivity contribution is -0.199. The van der Waals surface area contributed by atoms with Crippen molar-refractivity contribution in [1.82, 2.24) is 10.2 Å². The molecule has 3 aliphatic rings. The summed E-state index contributed by atoms with van der Waals surface area (Å²) < 4.78 is 38.5. The van der Waals surface area contributed by atoms with Crippen LogP contribution in [0.4, 0.5) is 13.2 Å². The van der Waals surface area contributed by atoms with Gasteiger partial charge in [0, 0.05) is 28.0 Å². The van der Waals surface area contributed by atoms with E-state index in [2.05, 4.69) is 21.2 Å². The van der Waals surface area contributed by atoms with Gasteiger partial charge in [-0.3, -0.25) is 9.59 Å². The number of nitrogens with one attached hydrogen (secondary N) is 1. The molecule has 0 bridgehead atoms. The first-order valence-corrected chi connectivity index (χ1v) is 9.43. The van der Waals surface area contributed by atoms with Crippen molar-refractivity contribution in [2.45, 2.75) is 43.3 Å². The summed E-state index contributed by atoms with van der Waals surface area (Å²) in [7, 11) is 0. The fourth-order valence-electron chi connectivity index (χ4n) is 3.99. The van der Waals surface area contributed by atoms with E-state index < -0.39 is 18.1 Å². The largest absolute Gasteiger partial charge is 0.391 e. The number of hydrogen-bond donors (Lipinski definition) is 1. The minimum absolute atomic E-state index is 0.0782. The van der Waals surface area contributed by atoms with E-state index in [4.69, 9.17) is 0 Å². The first kappa shape index (κ1) is 17.8. The third kappa shape index (κ3) is 3.12.